The fourth-order valence-corrected chi connectivity index (χ4v) is 3.92. The summed E-state index contributed by atoms with van der Waals surface area (Å²) in [5.41, 5.74) is 3.52. The second-order valence-corrected chi connectivity index (χ2v) is 7.62. The fraction of sp³-hybridized carbons (Fsp3) is 0.333. The van der Waals surface area contributed by atoms with Gasteiger partial charge in [0, 0.05) is 49.7 Å². The lowest BCUT2D eigenvalue weighted by Gasteiger charge is -2.22. The van der Waals surface area contributed by atoms with Crippen molar-refractivity contribution in [3.63, 3.8) is 0 Å². The molecule has 1 fully saturated rings. The Hall–Kier alpha value is -3.30. The van der Waals surface area contributed by atoms with E-state index in [0.717, 1.165) is 61.4 Å². The molecule has 154 valence electrons. The van der Waals surface area contributed by atoms with E-state index >= 15 is 0 Å². The van der Waals surface area contributed by atoms with E-state index in [9.17, 15) is 4.79 Å². The molecule has 30 heavy (non-hydrogen) atoms. The van der Waals surface area contributed by atoms with E-state index in [1.165, 1.54) is 5.56 Å². The summed E-state index contributed by atoms with van der Waals surface area (Å²) in [6.45, 7) is 4.13. The van der Waals surface area contributed by atoms with Gasteiger partial charge in [-0.05, 0) is 36.2 Å². The number of rotatable bonds is 5. The molecule has 0 aliphatic carbocycles. The number of amides is 1. The third kappa shape index (κ3) is 4.47. The van der Waals surface area contributed by atoms with E-state index in [4.69, 9.17) is 14.4 Å². The molecule has 1 aliphatic heterocycles. The van der Waals surface area contributed by atoms with Crippen LogP contribution >= 0.6 is 0 Å². The van der Waals surface area contributed by atoms with Gasteiger partial charge >= 0.3 is 0 Å². The SMILES string of the molecule is COc1ccc2c(CC(=O)N3CCCN(Cc4ccc(C#N)cc4)CC3)coc2c1. The van der Waals surface area contributed by atoms with Gasteiger partial charge in [-0.1, -0.05) is 12.1 Å². The number of carbonyl (C=O) groups excluding carboxylic acids is 1. The second kappa shape index (κ2) is 9.02. The smallest absolute Gasteiger partial charge is 0.227 e. The first-order valence-electron chi connectivity index (χ1n) is 10.2. The summed E-state index contributed by atoms with van der Waals surface area (Å²) >= 11 is 0. The van der Waals surface area contributed by atoms with Crippen molar-refractivity contribution in [2.24, 2.45) is 0 Å². The minimum Gasteiger partial charge on any atom is -0.497 e. The van der Waals surface area contributed by atoms with Crippen LogP contribution in [0.3, 0.4) is 0 Å². The van der Waals surface area contributed by atoms with Crippen LogP contribution in [0.25, 0.3) is 11.0 Å². The zero-order valence-electron chi connectivity index (χ0n) is 17.1. The highest BCUT2D eigenvalue weighted by Gasteiger charge is 2.21. The Morgan fingerprint density at radius 3 is 2.73 bits per heavy atom. The number of hydrogen-bond donors (Lipinski definition) is 0. The predicted octanol–water partition coefficient (Wildman–Crippen LogP) is 3.59. The molecule has 4 rings (SSSR count). The summed E-state index contributed by atoms with van der Waals surface area (Å²) in [5, 5.41) is 9.89. The highest BCUT2D eigenvalue weighted by Crippen LogP contribution is 2.26. The number of fused-ring (bicyclic) bond motifs is 1. The molecule has 0 saturated carbocycles. The van der Waals surface area contributed by atoms with Crippen LogP contribution in [0.2, 0.25) is 0 Å². The molecule has 0 N–H and O–H groups in total. The average molecular weight is 403 g/mol. The molecule has 0 unspecified atom stereocenters. The van der Waals surface area contributed by atoms with E-state index in [1.807, 2.05) is 47.4 Å². The van der Waals surface area contributed by atoms with Crippen LogP contribution in [-0.2, 0) is 17.8 Å². The maximum Gasteiger partial charge on any atom is 0.227 e. The molecule has 0 radical (unpaired) electrons. The summed E-state index contributed by atoms with van der Waals surface area (Å²) in [4.78, 5) is 17.3. The minimum atomic E-state index is 0.133. The van der Waals surface area contributed by atoms with Crippen molar-refractivity contribution in [3.8, 4) is 11.8 Å². The van der Waals surface area contributed by atoms with Gasteiger partial charge < -0.3 is 14.1 Å². The summed E-state index contributed by atoms with van der Waals surface area (Å²) in [6.07, 6.45) is 2.97. The molecule has 1 saturated heterocycles. The highest BCUT2D eigenvalue weighted by molar-refractivity contribution is 5.88. The second-order valence-electron chi connectivity index (χ2n) is 7.62. The summed E-state index contributed by atoms with van der Waals surface area (Å²) < 4.78 is 10.9. The molecule has 2 heterocycles. The van der Waals surface area contributed by atoms with Gasteiger partial charge in [-0.15, -0.1) is 0 Å². The topological polar surface area (TPSA) is 69.7 Å². The van der Waals surface area contributed by atoms with Crippen molar-refractivity contribution in [2.75, 3.05) is 33.3 Å². The Balaban J connectivity index is 1.36. The Morgan fingerprint density at radius 1 is 1.13 bits per heavy atom. The molecule has 0 bridgehead atoms. The monoisotopic (exact) mass is 403 g/mol. The van der Waals surface area contributed by atoms with Crippen molar-refractivity contribution >= 4 is 16.9 Å². The number of benzene rings is 2. The molecule has 6 nitrogen and oxygen atoms in total. The first-order chi connectivity index (χ1) is 14.7. The van der Waals surface area contributed by atoms with Crippen LogP contribution in [0.1, 0.15) is 23.1 Å². The van der Waals surface area contributed by atoms with Gasteiger partial charge in [0.15, 0.2) is 0 Å². The van der Waals surface area contributed by atoms with Crippen LogP contribution in [0.5, 0.6) is 5.75 Å². The summed E-state index contributed by atoms with van der Waals surface area (Å²) in [6, 6.07) is 15.5. The normalized spacial score (nSPS) is 15.0. The summed E-state index contributed by atoms with van der Waals surface area (Å²) in [7, 11) is 1.62. The number of methoxy groups -OCH3 is 1. The van der Waals surface area contributed by atoms with Crippen LogP contribution in [0.4, 0.5) is 0 Å². The first kappa shape index (κ1) is 20.0. The Bertz CT molecular complexity index is 1070. The summed E-state index contributed by atoms with van der Waals surface area (Å²) in [5.74, 6) is 0.873. The van der Waals surface area contributed by atoms with E-state index in [0.29, 0.717) is 12.0 Å². The fourth-order valence-electron chi connectivity index (χ4n) is 3.92. The van der Waals surface area contributed by atoms with Crippen molar-refractivity contribution in [1.82, 2.24) is 9.80 Å². The Morgan fingerprint density at radius 2 is 1.97 bits per heavy atom. The molecule has 6 heteroatoms. The lowest BCUT2D eigenvalue weighted by atomic mass is 10.1. The Kier molecular flexibility index (Phi) is 6.01. The van der Waals surface area contributed by atoms with Crippen LogP contribution < -0.4 is 4.74 Å². The van der Waals surface area contributed by atoms with Crippen molar-refractivity contribution in [3.05, 3.63) is 65.4 Å². The van der Waals surface area contributed by atoms with Crippen LogP contribution in [-0.4, -0.2) is 49.0 Å². The predicted molar refractivity (Wildman–Crippen MR) is 114 cm³/mol. The lowest BCUT2D eigenvalue weighted by Crippen LogP contribution is -2.36. The van der Waals surface area contributed by atoms with Gasteiger partial charge in [0.2, 0.25) is 5.91 Å². The minimum absolute atomic E-state index is 0.133. The van der Waals surface area contributed by atoms with E-state index < -0.39 is 0 Å². The van der Waals surface area contributed by atoms with E-state index in [1.54, 1.807) is 13.4 Å². The van der Waals surface area contributed by atoms with Gasteiger partial charge in [0.1, 0.15) is 11.3 Å². The lowest BCUT2D eigenvalue weighted by molar-refractivity contribution is -0.130. The largest absolute Gasteiger partial charge is 0.497 e. The standard InChI is InChI=1S/C24H25N3O3/c1-29-21-7-8-22-20(17-30-23(22)14-21)13-24(28)27-10-2-9-26(11-12-27)16-19-5-3-18(15-25)4-6-19/h3-8,14,17H,2,9-13,16H2,1H3. The van der Waals surface area contributed by atoms with Gasteiger partial charge in [-0.3, -0.25) is 9.69 Å². The molecule has 1 aromatic heterocycles. The molecule has 3 aromatic rings. The molecule has 1 amide bonds. The number of nitrogens with zero attached hydrogens (tertiary/aromatic N) is 3. The van der Waals surface area contributed by atoms with Crippen molar-refractivity contribution in [1.29, 1.82) is 5.26 Å². The highest BCUT2D eigenvalue weighted by atomic mass is 16.5. The van der Waals surface area contributed by atoms with Crippen LogP contribution in [0, 0.1) is 11.3 Å². The maximum absolute atomic E-state index is 12.9. The number of ether oxygens (including phenoxy) is 1. The third-order valence-electron chi connectivity index (χ3n) is 5.64. The number of hydrogen-bond acceptors (Lipinski definition) is 5. The molecule has 0 atom stereocenters. The maximum atomic E-state index is 12.9. The van der Waals surface area contributed by atoms with E-state index in [2.05, 4.69) is 11.0 Å². The van der Waals surface area contributed by atoms with E-state index in [-0.39, 0.29) is 5.91 Å². The molecule has 0 spiro atoms. The Labute approximate surface area is 176 Å². The molecule has 2 aromatic carbocycles. The number of carbonyl (C=O) groups is 1. The van der Waals surface area contributed by atoms with Crippen molar-refractivity contribution < 1.29 is 13.9 Å². The average Bonchev–Trinajstić information content (AvgIpc) is 3.02. The number of furan rings is 1. The first-order valence-corrected chi connectivity index (χ1v) is 10.2. The van der Waals surface area contributed by atoms with Gasteiger partial charge in [0.25, 0.3) is 0 Å². The van der Waals surface area contributed by atoms with Gasteiger partial charge in [-0.2, -0.15) is 5.26 Å². The quantitative estimate of drug-likeness (QED) is 0.651. The van der Waals surface area contributed by atoms with Crippen molar-refractivity contribution in [2.45, 2.75) is 19.4 Å². The van der Waals surface area contributed by atoms with Gasteiger partial charge in [0.05, 0.1) is 31.4 Å². The molecule has 1 aliphatic rings. The molecular formula is C24H25N3O3. The zero-order valence-corrected chi connectivity index (χ0v) is 17.1. The zero-order chi connectivity index (χ0) is 20.9. The number of nitriles is 1. The van der Waals surface area contributed by atoms with Gasteiger partial charge in [-0.25, -0.2) is 0 Å². The molecular weight excluding hydrogens is 378 g/mol. The van der Waals surface area contributed by atoms with Crippen LogP contribution in [0.15, 0.2) is 53.1 Å². The third-order valence-corrected chi connectivity index (χ3v) is 5.64.